The summed E-state index contributed by atoms with van der Waals surface area (Å²) in [5.74, 6) is 0. The number of nitrogens with zero attached hydrogens (tertiary/aromatic N) is 3. The van der Waals surface area contributed by atoms with Gasteiger partial charge in [-0.1, -0.05) is 39.7 Å². The molecular weight excluding hydrogens is 350 g/mol. The third-order valence-corrected chi connectivity index (χ3v) is 3.96. The highest BCUT2D eigenvalue weighted by atomic mass is 79.9. The third-order valence-electron chi connectivity index (χ3n) is 3.25. The normalized spacial score (nSPS) is 11.5. The van der Waals surface area contributed by atoms with E-state index < -0.39 is 0 Å². The maximum absolute atomic E-state index is 6.14. The van der Waals surface area contributed by atoms with Gasteiger partial charge in [0.2, 0.25) is 0 Å². The van der Waals surface area contributed by atoms with Crippen LogP contribution in [0, 0.1) is 0 Å². The number of halogens is 2. The van der Waals surface area contributed by atoms with Gasteiger partial charge in [0.05, 0.1) is 16.4 Å². The fraction of sp³-hybridized carbons (Fsp3) is 0.188. The topological polar surface area (TPSA) is 20.5 Å². The van der Waals surface area contributed by atoms with Crippen LogP contribution in [-0.4, -0.2) is 28.4 Å². The number of fused-ring (bicyclic) bond motifs is 1. The molecule has 0 saturated carbocycles. The van der Waals surface area contributed by atoms with Gasteiger partial charge >= 0.3 is 0 Å². The molecule has 0 N–H and O–H groups in total. The van der Waals surface area contributed by atoms with E-state index in [0.717, 1.165) is 33.6 Å². The van der Waals surface area contributed by atoms with Crippen molar-refractivity contribution < 1.29 is 0 Å². The zero-order chi connectivity index (χ0) is 15.0. The average molecular weight is 365 g/mol. The van der Waals surface area contributed by atoms with E-state index in [1.54, 1.807) is 0 Å². The monoisotopic (exact) mass is 363 g/mol. The number of rotatable bonds is 3. The Balaban J connectivity index is 2.25. The van der Waals surface area contributed by atoms with Crippen LogP contribution < -0.4 is 0 Å². The molecule has 0 aliphatic heterocycles. The Labute approximate surface area is 137 Å². The minimum absolute atomic E-state index is 0.709. The minimum Gasteiger partial charge on any atom is -0.304 e. The highest BCUT2D eigenvalue weighted by Crippen LogP contribution is 2.28. The molecule has 21 heavy (non-hydrogen) atoms. The second-order valence-electron chi connectivity index (χ2n) is 5.23. The molecule has 2 heterocycles. The molecule has 108 valence electrons. The highest BCUT2D eigenvalue weighted by Gasteiger charge is 2.15. The Hall–Kier alpha value is -1.36. The minimum atomic E-state index is 0.709. The van der Waals surface area contributed by atoms with Gasteiger partial charge in [-0.2, -0.15) is 0 Å². The quantitative estimate of drug-likeness (QED) is 0.683. The molecule has 3 rings (SSSR count). The zero-order valence-corrected chi connectivity index (χ0v) is 14.2. The van der Waals surface area contributed by atoms with Gasteiger partial charge in [0.1, 0.15) is 5.65 Å². The average Bonchev–Trinajstić information content (AvgIpc) is 2.76. The zero-order valence-electron chi connectivity index (χ0n) is 11.8. The fourth-order valence-corrected chi connectivity index (χ4v) is 2.94. The van der Waals surface area contributed by atoms with Crippen molar-refractivity contribution in [3.05, 3.63) is 57.8 Å². The summed E-state index contributed by atoms with van der Waals surface area (Å²) < 4.78 is 3.12. The molecule has 0 bridgehead atoms. The lowest BCUT2D eigenvalue weighted by Gasteiger charge is -2.11. The summed E-state index contributed by atoms with van der Waals surface area (Å²) in [4.78, 5) is 6.91. The van der Waals surface area contributed by atoms with E-state index in [4.69, 9.17) is 16.6 Å². The van der Waals surface area contributed by atoms with E-state index in [2.05, 4.69) is 51.5 Å². The summed E-state index contributed by atoms with van der Waals surface area (Å²) in [6.07, 6.45) is 1.92. The Kier molecular flexibility index (Phi) is 4.02. The number of hydrogen-bond donors (Lipinski definition) is 0. The molecule has 0 aliphatic carbocycles. The first kappa shape index (κ1) is 14.6. The lowest BCUT2D eigenvalue weighted by atomic mass is 10.1. The number of imidazole rings is 1. The molecule has 0 fully saturated rings. The van der Waals surface area contributed by atoms with E-state index >= 15 is 0 Å². The molecule has 0 atom stereocenters. The van der Waals surface area contributed by atoms with Crippen LogP contribution in [0.3, 0.4) is 0 Å². The van der Waals surface area contributed by atoms with Crippen LogP contribution in [0.5, 0.6) is 0 Å². The van der Waals surface area contributed by atoms with Crippen LogP contribution in [0.1, 0.15) is 5.69 Å². The van der Waals surface area contributed by atoms with Crippen LogP contribution in [0.25, 0.3) is 16.9 Å². The van der Waals surface area contributed by atoms with Crippen molar-refractivity contribution >= 4 is 33.2 Å². The maximum Gasteiger partial charge on any atom is 0.137 e. The summed E-state index contributed by atoms with van der Waals surface area (Å²) in [5, 5.41) is 0.709. The predicted molar refractivity (Wildman–Crippen MR) is 90.7 cm³/mol. The Bertz CT molecular complexity index is 795. The summed E-state index contributed by atoms with van der Waals surface area (Å²) in [7, 11) is 4.10. The van der Waals surface area contributed by atoms with Gasteiger partial charge in [-0.15, -0.1) is 0 Å². The molecule has 3 aromatic rings. The molecule has 2 aromatic heterocycles. The summed E-state index contributed by atoms with van der Waals surface area (Å²) >= 11 is 9.66. The smallest absolute Gasteiger partial charge is 0.137 e. The molecule has 1 aromatic carbocycles. The molecule has 0 unspecified atom stereocenters. The molecular formula is C16H15BrClN3. The van der Waals surface area contributed by atoms with Crippen molar-refractivity contribution in [2.75, 3.05) is 14.1 Å². The Morgan fingerprint density at radius 2 is 2.05 bits per heavy atom. The first-order valence-corrected chi connectivity index (χ1v) is 7.79. The first-order valence-electron chi connectivity index (χ1n) is 6.62. The van der Waals surface area contributed by atoms with Gasteiger partial charge in [-0.05, 0) is 38.4 Å². The second kappa shape index (κ2) is 5.79. The van der Waals surface area contributed by atoms with Crippen molar-refractivity contribution in [1.29, 1.82) is 0 Å². The fourth-order valence-electron chi connectivity index (χ4n) is 2.38. The molecule has 0 radical (unpaired) electrons. The van der Waals surface area contributed by atoms with Crippen molar-refractivity contribution in [1.82, 2.24) is 14.3 Å². The van der Waals surface area contributed by atoms with E-state index in [-0.39, 0.29) is 0 Å². The van der Waals surface area contributed by atoms with Crippen molar-refractivity contribution in [3.63, 3.8) is 0 Å². The van der Waals surface area contributed by atoms with Crippen molar-refractivity contribution in [3.8, 4) is 11.3 Å². The highest BCUT2D eigenvalue weighted by molar-refractivity contribution is 9.10. The van der Waals surface area contributed by atoms with Crippen LogP contribution in [-0.2, 0) is 6.54 Å². The Morgan fingerprint density at radius 1 is 1.24 bits per heavy atom. The van der Waals surface area contributed by atoms with Crippen LogP contribution in [0.15, 0.2) is 47.1 Å². The second-order valence-corrected chi connectivity index (χ2v) is 6.58. The Morgan fingerprint density at radius 3 is 2.76 bits per heavy atom. The number of aromatic nitrogens is 2. The molecule has 0 saturated heterocycles. The van der Waals surface area contributed by atoms with E-state index in [1.807, 2.05) is 30.5 Å². The molecule has 0 amide bonds. The number of hydrogen-bond acceptors (Lipinski definition) is 2. The van der Waals surface area contributed by atoms with Crippen molar-refractivity contribution in [2.24, 2.45) is 0 Å². The van der Waals surface area contributed by atoms with Gasteiger partial charge in [-0.25, -0.2) is 4.98 Å². The number of pyridine rings is 1. The molecule has 0 spiro atoms. The SMILES string of the molecule is CN(C)Cc1c(-c2cccc(Br)c2)nc2ccc(Cl)cn12. The molecule has 3 nitrogen and oxygen atoms in total. The first-order chi connectivity index (χ1) is 10.0. The van der Waals surface area contributed by atoms with Gasteiger partial charge in [-0.3, -0.25) is 0 Å². The van der Waals surface area contributed by atoms with E-state index in [1.165, 1.54) is 0 Å². The van der Waals surface area contributed by atoms with Gasteiger partial charge < -0.3 is 9.30 Å². The largest absolute Gasteiger partial charge is 0.304 e. The lowest BCUT2D eigenvalue weighted by molar-refractivity contribution is 0.396. The third kappa shape index (κ3) is 2.98. The van der Waals surface area contributed by atoms with Gasteiger partial charge in [0, 0.05) is 22.8 Å². The van der Waals surface area contributed by atoms with Crippen LogP contribution in [0.4, 0.5) is 0 Å². The predicted octanol–water partition coefficient (Wildman–Crippen LogP) is 4.48. The lowest BCUT2D eigenvalue weighted by Crippen LogP contribution is -2.13. The van der Waals surface area contributed by atoms with Crippen molar-refractivity contribution in [2.45, 2.75) is 6.54 Å². The van der Waals surface area contributed by atoms with Gasteiger partial charge in [0.25, 0.3) is 0 Å². The van der Waals surface area contributed by atoms with Crippen LogP contribution in [0.2, 0.25) is 5.02 Å². The van der Waals surface area contributed by atoms with Gasteiger partial charge in [0.15, 0.2) is 0 Å². The standard InChI is InChI=1S/C16H15BrClN3/c1-20(2)10-14-16(11-4-3-5-12(17)8-11)19-15-7-6-13(18)9-21(14)15/h3-9H,10H2,1-2H3. The van der Waals surface area contributed by atoms with E-state index in [0.29, 0.717) is 5.02 Å². The maximum atomic E-state index is 6.14. The van der Waals surface area contributed by atoms with Crippen LogP contribution >= 0.6 is 27.5 Å². The summed E-state index contributed by atoms with van der Waals surface area (Å²) in [6.45, 7) is 0.795. The number of benzene rings is 1. The summed E-state index contributed by atoms with van der Waals surface area (Å²) in [6, 6.07) is 12.0. The molecule has 5 heteroatoms. The van der Waals surface area contributed by atoms with E-state index in [9.17, 15) is 0 Å². The molecule has 0 aliphatic rings. The summed E-state index contributed by atoms with van der Waals surface area (Å²) in [5.41, 5.74) is 4.13.